The molecule has 1 aliphatic rings. The molecule has 0 atom stereocenters. The van der Waals surface area contributed by atoms with E-state index in [1.807, 2.05) is 0 Å². The lowest BCUT2D eigenvalue weighted by Gasteiger charge is -2.22. The molecule has 0 unspecified atom stereocenters. The molecule has 0 saturated carbocycles. The molecular formula is C20H32FN3O3S. The van der Waals surface area contributed by atoms with Gasteiger partial charge in [-0.1, -0.05) is 12.8 Å². The molecule has 1 fully saturated rings. The molecule has 1 N–H and O–H groups in total. The molecule has 0 aliphatic carbocycles. The fraction of sp³-hybridized carbons (Fsp3) is 0.650. The monoisotopic (exact) mass is 413 g/mol. The maximum absolute atomic E-state index is 13.1. The number of carbonyl (C=O) groups excluding carboxylic acids is 1. The summed E-state index contributed by atoms with van der Waals surface area (Å²) in [7, 11) is -3.49. The van der Waals surface area contributed by atoms with E-state index in [0.717, 1.165) is 32.3 Å². The first-order valence-corrected chi connectivity index (χ1v) is 11.9. The van der Waals surface area contributed by atoms with E-state index in [9.17, 15) is 17.6 Å². The van der Waals surface area contributed by atoms with Crippen LogP contribution in [0.5, 0.6) is 0 Å². The number of nitrogens with one attached hydrogen (secondary N) is 1. The molecule has 1 saturated heterocycles. The Morgan fingerprint density at radius 1 is 1.11 bits per heavy atom. The number of hydrogen-bond acceptors (Lipinski definition) is 4. The van der Waals surface area contributed by atoms with Gasteiger partial charge in [-0.25, -0.2) is 12.8 Å². The molecule has 1 aromatic rings. The molecule has 6 nitrogen and oxygen atoms in total. The van der Waals surface area contributed by atoms with Crippen molar-refractivity contribution in [3.05, 3.63) is 30.1 Å². The average Bonchev–Trinajstić information content (AvgIpc) is 2.91. The molecule has 1 heterocycles. The van der Waals surface area contributed by atoms with E-state index < -0.39 is 15.8 Å². The van der Waals surface area contributed by atoms with Crippen LogP contribution in [-0.2, 0) is 14.8 Å². The van der Waals surface area contributed by atoms with E-state index >= 15 is 0 Å². The second-order valence-electron chi connectivity index (χ2n) is 7.37. The van der Waals surface area contributed by atoms with E-state index in [2.05, 4.69) is 10.2 Å². The molecule has 0 aromatic heterocycles. The molecule has 0 spiro atoms. The quantitative estimate of drug-likeness (QED) is 0.599. The molecule has 28 heavy (non-hydrogen) atoms. The second kappa shape index (κ2) is 11.4. The van der Waals surface area contributed by atoms with Crippen LogP contribution in [0.2, 0.25) is 0 Å². The predicted octanol–water partition coefficient (Wildman–Crippen LogP) is 2.75. The van der Waals surface area contributed by atoms with Gasteiger partial charge >= 0.3 is 0 Å². The number of anilines is 1. The van der Waals surface area contributed by atoms with Gasteiger partial charge in [-0.05, 0) is 69.6 Å². The molecule has 1 aromatic carbocycles. The van der Waals surface area contributed by atoms with E-state index in [4.69, 9.17) is 0 Å². The zero-order valence-corrected chi connectivity index (χ0v) is 17.5. The first kappa shape index (κ1) is 22.6. The molecule has 0 radical (unpaired) electrons. The summed E-state index contributed by atoms with van der Waals surface area (Å²) >= 11 is 0. The van der Waals surface area contributed by atoms with E-state index in [1.165, 1.54) is 54.3 Å². The largest absolute Gasteiger partial charge is 0.356 e. The number of rotatable bonds is 10. The summed E-state index contributed by atoms with van der Waals surface area (Å²) in [6, 6.07) is 5.31. The Morgan fingerprint density at radius 2 is 1.75 bits per heavy atom. The molecule has 1 aliphatic heterocycles. The van der Waals surface area contributed by atoms with Gasteiger partial charge in [0, 0.05) is 19.5 Å². The summed E-state index contributed by atoms with van der Waals surface area (Å²) in [6.07, 6.45) is 7.86. The highest BCUT2D eigenvalue weighted by atomic mass is 32.2. The maximum Gasteiger partial charge on any atom is 0.232 e. The first-order valence-electron chi connectivity index (χ1n) is 10.1. The maximum atomic E-state index is 13.1. The fourth-order valence-corrected chi connectivity index (χ4v) is 4.42. The standard InChI is InChI=1S/C20H32FN3O3S/c1-28(26,27)24(19-11-9-18(21)10-12-19)17-6-8-20(25)22-13-7-16-23-14-4-2-3-5-15-23/h9-12H,2-8,13-17H2,1H3,(H,22,25). The smallest absolute Gasteiger partial charge is 0.232 e. The Labute approximate surface area is 168 Å². The van der Waals surface area contributed by atoms with Crippen molar-refractivity contribution in [3.8, 4) is 0 Å². The Hall–Kier alpha value is -1.67. The Kier molecular flexibility index (Phi) is 9.18. The van der Waals surface area contributed by atoms with Gasteiger partial charge in [0.15, 0.2) is 0 Å². The van der Waals surface area contributed by atoms with Crippen LogP contribution in [0.4, 0.5) is 10.1 Å². The number of sulfonamides is 1. The van der Waals surface area contributed by atoms with Crippen LogP contribution in [0.25, 0.3) is 0 Å². The number of hydrogen-bond donors (Lipinski definition) is 1. The minimum Gasteiger partial charge on any atom is -0.356 e. The Bertz CT molecular complexity index is 702. The lowest BCUT2D eigenvalue weighted by atomic mass is 10.2. The van der Waals surface area contributed by atoms with Crippen molar-refractivity contribution in [2.75, 3.05) is 43.3 Å². The van der Waals surface area contributed by atoms with Crippen LogP contribution in [0.15, 0.2) is 24.3 Å². The number of halogens is 1. The summed E-state index contributed by atoms with van der Waals surface area (Å²) in [5.41, 5.74) is 0.404. The van der Waals surface area contributed by atoms with Crippen molar-refractivity contribution in [2.24, 2.45) is 0 Å². The van der Waals surface area contributed by atoms with Crippen molar-refractivity contribution in [2.45, 2.75) is 44.9 Å². The van der Waals surface area contributed by atoms with Crippen molar-refractivity contribution in [1.29, 1.82) is 0 Å². The van der Waals surface area contributed by atoms with Crippen LogP contribution in [0.1, 0.15) is 44.9 Å². The zero-order valence-electron chi connectivity index (χ0n) is 16.7. The third-order valence-electron chi connectivity index (χ3n) is 4.95. The van der Waals surface area contributed by atoms with Gasteiger partial charge in [0.25, 0.3) is 0 Å². The van der Waals surface area contributed by atoms with Gasteiger partial charge < -0.3 is 10.2 Å². The Morgan fingerprint density at radius 3 is 2.36 bits per heavy atom. The number of benzene rings is 1. The van der Waals surface area contributed by atoms with Crippen LogP contribution >= 0.6 is 0 Å². The number of carbonyl (C=O) groups is 1. The minimum atomic E-state index is -3.49. The number of likely N-dealkylation sites (tertiary alicyclic amines) is 1. The second-order valence-corrected chi connectivity index (χ2v) is 9.28. The third kappa shape index (κ3) is 8.14. The first-order chi connectivity index (χ1) is 13.4. The number of nitrogens with zero attached hydrogens (tertiary/aromatic N) is 2. The highest BCUT2D eigenvalue weighted by Gasteiger charge is 2.17. The lowest BCUT2D eigenvalue weighted by molar-refractivity contribution is -0.121. The average molecular weight is 414 g/mol. The fourth-order valence-electron chi connectivity index (χ4n) is 3.46. The Balaban J connectivity index is 1.68. The van der Waals surface area contributed by atoms with Gasteiger partial charge in [0.05, 0.1) is 11.9 Å². The molecular weight excluding hydrogens is 381 g/mol. The van der Waals surface area contributed by atoms with E-state index in [0.29, 0.717) is 18.7 Å². The van der Waals surface area contributed by atoms with Gasteiger partial charge in [0.1, 0.15) is 5.82 Å². The minimum absolute atomic E-state index is 0.0663. The van der Waals surface area contributed by atoms with Crippen molar-refractivity contribution < 1.29 is 17.6 Å². The van der Waals surface area contributed by atoms with Crippen molar-refractivity contribution in [1.82, 2.24) is 10.2 Å². The molecule has 8 heteroatoms. The zero-order chi connectivity index (χ0) is 20.4. The molecule has 158 valence electrons. The summed E-state index contributed by atoms with van der Waals surface area (Å²) in [5, 5.41) is 2.91. The van der Waals surface area contributed by atoms with E-state index in [1.54, 1.807) is 0 Å². The van der Waals surface area contributed by atoms with Gasteiger partial charge in [0.2, 0.25) is 15.9 Å². The molecule has 1 amide bonds. The van der Waals surface area contributed by atoms with E-state index in [-0.39, 0.29) is 18.9 Å². The molecule has 0 bridgehead atoms. The summed E-state index contributed by atoms with van der Waals surface area (Å²) < 4.78 is 38.3. The van der Waals surface area contributed by atoms with Gasteiger partial charge in [-0.15, -0.1) is 0 Å². The third-order valence-corrected chi connectivity index (χ3v) is 6.15. The lowest BCUT2D eigenvalue weighted by Crippen LogP contribution is -2.33. The van der Waals surface area contributed by atoms with Gasteiger partial charge in [-0.2, -0.15) is 0 Å². The SMILES string of the molecule is CS(=O)(=O)N(CCCC(=O)NCCCN1CCCCCC1)c1ccc(F)cc1. The summed E-state index contributed by atoms with van der Waals surface area (Å²) in [5.74, 6) is -0.486. The topological polar surface area (TPSA) is 69.7 Å². The van der Waals surface area contributed by atoms with Crippen LogP contribution < -0.4 is 9.62 Å². The highest BCUT2D eigenvalue weighted by molar-refractivity contribution is 7.92. The number of amides is 1. The normalized spacial score (nSPS) is 15.8. The van der Waals surface area contributed by atoms with Crippen LogP contribution in [-0.4, -0.2) is 58.2 Å². The van der Waals surface area contributed by atoms with Crippen LogP contribution in [0, 0.1) is 5.82 Å². The van der Waals surface area contributed by atoms with Crippen LogP contribution in [0.3, 0.4) is 0 Å². The summed E-state index contributed by atoms with van der Waals surface area (Å²) in [4.78, 5) is 14.5. The molecule has 2 rings (SSSR count). The predicted molar refractivity (Wildman–Crippen MR) is 110 cm³/mol. The highest BCUT2D eigenvalue weighted by Crippen LogP contribution is 2.18. The van der Waals surface area contributed by atoms with Crippen molar-refractivity contribution in [3.63, 3.8) is 0 Å². The van der Waals surface area contributed by atoms with Crippen molar-refractivity contribution >= 4 is 21.6 Å². The van der Waals surface area contributed by atoms with Gasteiger partial charge in [-0.3, -0.25) is 9.10 Å². The summed E-state index contributed by atoms with van der Waals surface area (Å²) in [6.45, 7) is 4.14.